The van der Waals surface area contributed by atoms with Crippen LogP contribution in [0.4, 0.5) is 0 Å². The predicted octanol–water partition coefficient (Wildman–Crippen LogP) is 14.9. The number of phenolic OH excluding ortho intramolecular Hbond substituents is 6. The lowest BCUT2D eigenvalue weighted by Crippen LogP contribution is -2.33. The van der Waals surface area contributed by atoms with E-state index in [0.717, 1.165) is 46.5 Å². The van der Waals surface area contributed by atoms with Crippen LogP contribution in [0.2, 0.25) is 60.3 Å². The number of nitrogens with one attached hydrogen (secondary N) is 1. The Hall–Kier alpha value is -10.9. The molecule has 0 radical (unpaired) electrons. The van der Waals surface area contributed by atoms with E-state index in [1.54, 1.807) is 40.0 Å². The third kappa shape index (κ3) is 19.3. The van der Waals surface area contributed by atoms with Gasteiger partial charge in [-0.1, -0.05) is 139 Å². The normalized spacial score (nSPS) is 12.5. The number of likely N-dealkylation sites (N-methyl/N-ethyl adjacent to an activating group) is 1. The molecule has 640 valence electrons. The minimum atomic E-state index is -1.19. The number of rotatable bonds is 11. The number of phenols is 6. The highest BCUT2D eigenvalue weighted by Gasteiger charge is 2.26. The van der Waals surface area contributed by atoms with Gasteiger partial charge in [-0.15, -0.1) is 28.3 Å². The van der Waals surface area contributed by atoms with Crippen molar-refractivity contribution in [1.29, 1.82) is 0 Å². The van der Waals surface area contributed by atoms with Gasteiger partial charge in [0.2, 0.25) is 0 Å². The van der Waals surface area contributed by atoms with Crippen molar-refractivity contribution < 1.29 is 40.5 Å². The summed E-state index contributed by atoms with van der Waals surface area (Å²) >= 11 is 72.4. The molecule has 34 nitrogen and oxygen atoms in total. The zero-order valence-electron chi connectivity index (χ0n) is 62.9. The van der Waals surface area contributed by atoms with Crippen LogP contribution in [0.1, 0.15) is 29.2 Å². The Balaban J connectivity index is 0.000000136. The number of carboxylic acid groups (broad SMARTS) is 1. The number of fused-ring (bicyclic) bond motifs is 7. The first-order chi connectivity index (χ1) is 58.6. The van der Waals surface area contributed by atoms with Crippen molar-refractivity contribution in [1.82, 2.24) is 96.3 Å². The van der Waals surface area contributed by atoms with Crippen LogP contribution < -0.4 is 33.4 Å². The molecule has 11 aromatic heterocycles. The van der Waals surface area contributed by atoms with Crippen molar-refractivity contribution in [2.75, 3.05) is 13.6 Å². The molecule has 0 amide bonds. The van der Waals surface area contributed by atoms with Crippen molar-refractivity contribution in [2.24, 2.45) is 7.05 Å². The number of carboxylic acids is 1. The SMILES string of the molecule is Br.CN1CCCC1Cn1cnc2c(O)c(Cl)cc(Cl)c2c1=O.Cn1ccnc1Cn1cnc2c(O)c(Cl)cc(Cl)c2c1=O.O=C(O)Cn1cnc2c(O)c(Cl)cc(Cl)c2c1=O.O=c1c2c(Cl)cc(Cl)c(O)c2ncn1-c1ccn[nH]1.O=c1c2c(Cl)cc(Cl)c(O)c2ncn1Cc1ccn2ccnc2c1.O=c1c2c(Cl)cc(Cl)c(O)c2ncn1Cc1nccs1. The number of imidazole rings is 2. The van der Waals surface area contributed by atoms with Crippen molar-refractivity contribution in [3.8, 4) is 40.3 Å². The number of halogens is 13. The molecule has 1 saturated heterocycles. The number of aromatic amines is 1. The molecular formula is C76H55BrCl12N20O14S. The molecule has 1 unspecified atom stereocenters. The summed E-state index contributed by atoms with van der Waals surface area (Å²) in [5, 5.41) is 78.5. The van der Waals surface area contributed by atoms with Crippen LogP contribution in [0.5, 0.6) is 34.5 Å². The van der Waals surface area contributed by atoms with Gasteiger partial charge in [0.05, 0.1) is 150 Å². The lowest BCUT2D eigenvalue weighted by atomic mass is 10.2. The summed E-state index contributed by atoms with van der Waals surface area (Å²) in [6.45, 7) is 1.94. The predicted molar refractivity (Wildman–Crippen MR) is 481 cm³/mol. The number of hydrogen-bond donors (Lipinski definition) is 8. The van der Waals surface area contributed by atoms with Gasteiger partial charge >= 0.3 is 5.97 Å². The third-order valence-electron chi connectivity index (χ3n) is 18.8. The van der Waals surface area contributed by atoms with Crippen LogP contribution in [0.15, 0.2) is 170 Å². The van der Waals surface area contributed by atoms with Gasteiger partial charge in [-0.3, -0.25) is 66.1 Å². The number of aryl methyl sites for hydroxylation is 1. The number of hydrogen-bond acceptors (Lipinski definition) is 25. The number of aliphatic carboxylic acids is 1. The lowest BCUT2D eigenvalue weighted by molar-refractivity contribution is -0.137. The molecule has 1 aliphatic rings. The Morgan fingerprint density at radius 1 is 0.435 bits per heavy atom. The minimum absolute atomic E-state index is 0. The first-order valence-electron chi connectivity index (χ1n) is 35.2. The molecule has 1 aliphatic heterocycles. The highest BCUT2D eigenvalue weighted by Crippen LogP contribution is 2.40. The number of aromatic nitrogens is 19. The molecule has 6 aromatic carbocycles. The van der Waals surface area contributed by atoms with E-state index in [1.165, 1.54) is 104 Å². The molecule has 17 aromatic rings. The van der Waals surface area contributed by atoms with Crippen molar-refractivity contribution in [3.05, 3.63) is 280 Å². The van der Waals surface area contributed by atoms with Crippen molar-refractivity contribution in [3.63, 3.8) is 0 Å². The van der Waals surface area contributed by atoms with Gasteiger partial charge in [0.1, 0.15) is 68.3 Å². The molecule has 0 aliphatic carbocycles. The summed E-state index contributed by atoms with van der Waals surface area (Å²) < 4.78 is 11.5. The summed E-state index contributed by atoms with van der Waals surface area (Å²) in [4.78, 5) is 124. The number of aromatic hydroxyl groups is 6. The maximum atomic E-state index is 12.7. The van der Waals surface area contributed by atoms with Crippen LogP contribution in [-0.2, 0) is 44.6 Å². The van der Waals surface area contributed by atoms with Gasteiger partial charge in [0, 0.05) is 68.3 Å². The van der Waals surface area contributed by atoms with E-state index >= 15 is 0 Å². The average Bonchev–Trinajstić information content (AvgIpc) is 0.928. The number of carbonyl (C=O) groups is 1. The average molecular weight is 2010 g/mol. The molecule has 0 spiro atoms. The summed E-state index contributed by atoms with van der Waals surface area (Å²) in [6.07, 6.45) is 22.0. The van der Waals surface area contributed by atoms with E-state index in [1.807, 2.05) is 41.4 Å². The van der Waals surface area contributed by atoms with Gasteiger partial charge in [-0.05, 0) is 80.5 Å². The van der Waals surface area contributed by atoms with E-state index in [4.69, 9.17) is 144 Å². The monoisotopic (exact) mass is 2000 g/mol. The first-order valence-corrected chi connectivity index (χ1v) is 40.6. The maximum absolute atomic E-state index is 12.7. The molecule has 0 saturated carbocycles. The van der Waals surface area contributed by atoms with E-state index in [0.29, 0.717) is 37.3 Å². The summed E-state index contributed by atoms with van der Waals surface area (Å²) in [6, 6.07) is 13.6. The molecule has 48 heteroatoms. The van der Waals surface area contributed by atoms with Gasteiger partial charge < -0.3 is 49.6 Å². The summed E-state index contributed by atoms with van der Waals surface area (Å²) in [7, 11) is 3.89. The van der Waals surface area contributed by atoms with Crippen LogP contribution >= 0.6 is 168 Å². The van der Waals surface area contributed by atoms with E-state index in [-0.39, 0.29) is 206 Å². The zero-order valence-corrected chi connectivity index (χ0v) is 74.5. The lowest BCUT2D eigenvalue weighted by Gasteiger charge is -2.20. The molecule has 8 N–H and O–H groups in total. The fraction of sp³-hybridized carbons (Fsp3) is 0.145. The Morgan fingerprint density at radius 2 is 0.831 bits per heavy atom. The van der Waals surface area contributed by atoms with Crippen LogP contribution in [0.3, 0.4) is 0 Å². The van der Waals surface area contributed by atoms with Gasteiger partial charge in [-0.2, -0.15) is 5.10 Å². The smallest absolute Gasteiger partial charge is 0.323 e. The van der Waals surface area contributed by atoms with Crippen LogP contribution in [-0.4, -0.2) is 158 Å². The molecule has 18 rings (SSSR count). The van der Waals surface area contributed by atoms with Crippen molar-refractivity contribution in [2.45, 2.75) is 51.6 Å². The second-order valence-electron chi connectivity index (χ2n) is 26.5. The van der Waals surface area contributed by atoms with E-state index < -0.39 is 23.6 Å². The number of benzene rings is 6. The number of H-pyrrole nitrogens is 1. The minimum Gasteiger partial charge on any atom is -0.504 e. The Labute approximate surface area is 767 Å². The maximum Gasteiger partial charge on any atom is 0.323 e. The molecule has 12 heterocycles. The quantitative estimate of drug-likeness (QED) is 0.0596. The van der Waals surface area contributed by atoms with Gasteiger partial charge in [-0.25, -0.2) is 44.9 Å². The second kappa shape index (κ2) is 39.1. The second-order valence-corrected chi connectivity index (χ2v) is 32.4. The Morgan fingerprint density at radius 3 is 1.23 bits per heavy atom. The highest BCUT2D eigenvalue weighted by atomic mass is 79.9. The summed E-state index contributed by atoms with van der Waals surface area (Å²) in [5.74, 6) is -1.63. The fourth-order valence-corrected chi connectivity index (χ4v) is 16.4. The van der Waals surface area contributed by atoms with E-state index in [9.17, 15) is 64.2 Å². The number of thiazole rings is 1. The first kappa shape index (κ1) is 92.3. The third-order valence-corrected chi connectivity index (χ3v) is 23.1. The molecular weight excluding hydrogens is 1950 g/mol. The number of nitrogens with zero attached hydrogens (tertiary/aromatic N) is 19. The zero-order chi connectivity index (χ0) is 88.4. The largest absolute Gasteiger partial charge is 0.504 e. The number of pyridine rings is 1. The van der Waals surface area contributed by atoms with Crippen LogP contribution in [0.25, 0.3) is 76.9 Å². The molecule has 1 atom stereocenters. The van der Waals surface area contributed by atoms with Gasteiger partial charge in [0.15, 0.2) is 34.5 Å². The standard InChI is InChI=1S/C16H10Cl2N4O2.C14H15Cl2N3O2.C13H10Cl2N4O2.C12H7Cl2N3O2S.C11H6Cl2N4O2.C10H6Cl2N2O4.BrH/c17-10-6-11(18)15(23)14-13(10)16(24)22(8-20-14)7-9-1-3-21-4-2-19-12(21)5-9;1-18-4-2-3-8(18)6-19-7-17-12-11(14(19)21)9(15)5-10(16)13(12)20;1-18-3-2-16-9(18)5-19-6-17-11-10(13(19)21)7(14)4-8(15)12(11)20;13-6-3-7(14)11(18)10-9(6)12(19)17(5-16-10)4-8-15-1-2-20-8;12-5-3-6(13)10(18)9-8(5)11(19)17(4-14-9)7-1-2-15-16-7;11-4-1-5(12)9(17)8-7(4)10(18)14(3-13-8)2-6(15)16;/h1-6,8,23H,7H2;5,7-8,20H,2-4,6H2,1H3;2-4,6,20H,5H2,1H3;1-3,5,18H,4H2;1-4,18H,(H,15,16);1,3,17H,2H2,(H,15,16);1H. The van der Waals surface area contributed by atoms with Gasteiger partial charge in [0.25, 0.3) is 33.4 Å². The summed E-state index contributed by atoms with van der Waals surface area (Å²) in [5.41, 5.74) is -0.256. The van der Waals surface area contributed by atoms with Crippen molar-refractivity contribution >= 4 is 245 Å². The topological polar surface area (TPSA) is 448 Å². The molecule has 124 heavy (non-hydrogen) atoms. The Bertz CT molecular complexity index is 7450. The highest BCUT2D eigenvalue weighted by molar-refractivity contribution is 8.93. The van der Waals surface area contributed by atoms with Crippen LogP contribution in [0, 0.1) is 0 Å². The molecule has 1 fully saturated rings. The molecule has 0 bridgehead atoms. The Kier molecular flexibility index (Phi) is 29.1. The fourth-order valence-electron chi connectivity index (χ4n) is 12.6. The van der Waals surface area contributed by atoms with E-state index in [2.05, 4.69) is 67.0 Å². The number of likely N-dealkylation sites (tertiary alicyclic amines) is 1.